The lowest BCUT2D eigenvalue weighted by molar-refractivity contribution is -0.145. The molecule has 0 aliphatic heterocycles. The lowest BCUT2D eigenvalue weighted by Gasteiger charge is -2.21. The molecule has 128 valence electrons. The number of rotatable bonds is 8. The van der Waals surface area contributed by atoms with Gasteiger partial charge in [0.25, 0.3) is 0 Å². The molecule has 0 aliphatic carbocycles. The summed E-state index contributed by atoms with van der Waals surface area (Å²) in [5.41, 5.74) is 0.888. The molecular formula is C17H19ClNO4P. The highest BCUT2D eigenvalue weighted by Crippen LogP contribution is 2.48. The number of nitrogens with one attached hydrogen (secondary N) is 1. The quantitative estimate of drug-likeness (QED) is 0.560. The van der Waals surface area contributed by atoms with Crippen LogP contribution in [0.25, 0.3) is 0 Å². The molecule has 24 heavy (non-hydrogen) atoms. The summed E-state index contributed by atoms with van der Waals surface area (Å²) in [7, 11) is 0. The van der Waals surface area contributed by atoms with Crippen LogP contribution in [-0.4, -0.2) is 18.6 Å². The van der Waals surface area contributed by atoms with Crippen LogP contribution in [0.3, 0.4) is 0 Å². The van der Waals surface area contributed by atoms with Gasteiger partial charge in [0.1, 0.15) is 11.8 Å². The first kappa shape index (κ1) is 18.5. The minimum absolute atomic E-state index is 0.220. The SMILES string of the molecule is CCOC(=O)C(Cc1ccccc1)NP(=O)(Cl)Oc1ccccc1. The highest BCUT2D eigenvalue weighted by Gasteiger charge is 2.31. The molecule has 0 amide bonds. The standard InChI is InChI=1S/C17H19ClNO4P/c1-2-22-17(20)16(13-14-9-5-3-6-10-14)19-24(18,21)23-15-11-7-4-8-12-15/h3-12,16H,2,13H2,1H3,(H,19,21). The van der Waals surface area contributed by atoms with Crippen LogP contribution in [0.5, 0.6) is 5.75 Å². The molecule has 0 spiro atoms. The fraction of sp³-hybridized carbons (Fsp3) is 0.235. The van der Waals surface area contributed by atoms with Gasteiger partial charge in [-0.2, -0.15) is 0 Å². The zero-order valence-corrected chi connectivity index (χ0v) is 14.9. The summed E-state index contributed by atoms with van der Waals surface area (Å²) in [6, 6.07) is 17.0. The van der Waals surface area contributed by atoms with Gasteiger partial charge in [-0.3, -0.25) is 4.79 Å². The van der Waals surface area contributed by atoms with Crippen molar-refractivity contribution >= 4 is 24.1 Å². The van der Waals surface area contributed by atoms with Crippen LogP contribution in [0.4, 0.5) is 0 Å². The van der Waals surface area contributed by atoms with Crippen molar-refractivity contribution in [3.8, 4) is 5.75 Å². The Morgan fingerprint density at radius 2 is 1.71 bits per heavy atom. The molecule has 2 unspecified atom stereocenters. The zero-order valence-electron chi connectivity index (χ0n) is 13.2. The average molecular weight is 368 g/mol. The number of hydrogen-bond donors (Lipinski definition) is 1. The molecule has 5 nitrogen and oxygen atoms in total. The Hall–Kier alpha value is -1.81. The molecule has 2 atom stereocenters. The summed E-state index contributed by atoms with van der Waals surface area (Å²) in [6.07, 6.45) is 0.286. The first-order valence-electron chi connectivity index (χ1n) is 7.53. The molecule has 0 heterocycles. The summed E-state index contributed by atoms with van der Waals surface area (Å²) in [5.74, 6) is -0.176. The van der Waals surface area contributed by atoms with Gasteiger partial charge in [0, 0.05) is 11.2 Å². The van der Waals surface area contributed by atoms with Gasteiger partial charge in [-0.25, -0.2) is 9.65 Å². The Kier molecular flexibility index (Phi) is 6.85. The fourth-order valence-electron chi connectivity index (χ4n) is 2.10. The summed E-state index contributed by atoms with van der Waals surface area (Å²) in [5, 5.41) is 2.60. The van der Waals surface area contributed by atoms with Crippen molar-refractivity contribution in [3.05, 3.63) is 66.2 Å². The first-order chi connectivity index (χ1) is 11.5. The van der Waals surface area contributed by atoms with Gasteiger partial charge in [-0.15, -0.1) is 0 Å². The van der Waals surface area contributed by atoms with E-state index in [2.05, 4.69) is 5.09 Å². The van der Waals surface area contributed by atoms with Crippen molar-refractivity contribution < 1.29 is 18.6 Å². The van der Waals surface area contributed by atoms with Gasteiger partial charge >= 0.3 is 12.8 Å². The summed E-state index contributed by atoms with van der Waals surface area (Å²) in [6.45, 7) is -1.84. The maximum absolute atomic E-state index is 12.5. The van der Waals surface area contributed by atoms with E-state index in [1.165, 1.54) is 0 Å². The van der Waals surface area contributed by atoms with Crippen molar-refractivity contribution in [2.45, 2.75) is 19.4 Å². The Morgan fingerprint density at radius 1 is 1.12 bits per heavy atom. The molecule has 0 bridgehead atoms. The van der Waals surface area contributed by atoms with Crippen LogP contribution in [0.15, 0.2) is 60.7 Å². The van der Waals surface area contributed by atoms with E-state index < -0.39 is 18.9 Å². The van der Waals surface area contributed by atoms with Crippen molar-refractivity contribution in [1.82, 2.24) is 5.09 Å². The molecular weight excluding hydrogens is 349 g/mol. The minimum atomic E-state index is -3.76. The highest BCUT2D eigenvalue weighted by atomic mass is 35.7. The molecule has 0 saturated carbocycles. The number of esters is 1. The minimum Gasteiger partial charge on any atom is -0.465 e. The number of halogens is 1. The van der Waals surface area contributed by atoms with E-state index in [-0.39, 0.29) is 13.0 Å². The zero-order chi connectivity index (χ0) is 17.4. The lowest BCUT2D eigenvalue weighted by atomic mass is 10.1. The van der Waals surface area contributed by atoms with E-state index in [1.807, 2.05) is 30.3 Å². The molecule has 0 radical (unpaired) electrons. The normalized spacial score (nSPS) is 14.4. The fourth-order valence-corrected chi connectivity index (χ4v) is 3.71. The molecule has 0 aliphatic rings. The Morgan fingerprint density at radius 3 is 2.29 bits per heavy atom. The first-order valence-corrected chi connectivity index (χ1v) is 10.1. The second-order valence-electron chi connectivity index (χ2n) is 5.01. The van der Waals surface area contributed by atoms with Crippen molar-refractivity contribution in [2.75, 3.05) is 6.61 Å². The number of carbonyl (C=O) groups is 1. The van der Waals surface area contributed by atoms with E-state index >= 15 is 0 Å². The van der Waals surface area contributed by atoms with Gasteiger partial charge in [0.15, 0.2) is 0 Å². The number of ether oxygens (including phenoxy) is 1. The van der Waals surface area contributed by atoms with Gasteiger partial charge in [-0.05, 0) is 31.0 Å². The van der Waals surface area contributed by atoms with E-state index in [1.54, 1.807) is 37.3 Å². The van der Waals surface area contributed by atoms with E-state index in [0.717, 1.165) is 5.56 Å². The lowest BCUT2D eigenvalue weighted by Crippen LogP contribution is -2.38. The molecule has 2 aromatic rings. The number of para-hydroxylation sites is 1. The monoisotopic (exact) mass is 367 g/mol. The number of benzene rings is 2. The predicted molar refractivity (Wildman–Crippen MR) is 94.2 cm³/mol. The number of hydrogen-bond acceptors (Lipinski definition) is 4. The van der Waals surface area contributed by atoms with Crippen LogP contribution in [0.1, 0.15) is 12.5 Å². The Balaban J connectivity index is 2.11. The van der Waals surface area contributed by atoms with Crippen LogP contribution in [-0.2, 0) is 20.5 Å². The summed E-state index contributed by atoms with van der Waals surface area (Å²) < 4.78 is 22.9. The third-order valence-electron chi connectivity index (χ3n) is 3.13. The molecule has 0 fully saturated rings. The van der Waals surface area contributed by atoms with Crippen molar-refractivity contribution in [2.24, 2.45) is 0 Å². The van der Waals surface area contributed by atoms with Crippen molar-refractivity contribution in [1.29, 1.82) is 0 Å². The summed E-state index contributed by atoms with van der Waals surface area (Å²) >= 11 is 5.99. The smallest absolute Gasteiger partial charge is 0.409 e. The predicted octanol–water partition coefficient (Wildman–Crippen LogP) is 4.18. The van der Waals surface area contributed by atoms with E-state index in [4.69, 9.17) is 20.5 Å². The molecule has 2 aromatic carbocycles. The van der Waals surface area contributed by atoms with Crippen LogP contribution in [0.2, 0.25) is 0 Å². The van der Waals surface area contributed by atoms with Crippen LogP contribution >= 0.6 is 18.1 Å². The average Bonchev–Trinajstić information content (AvgIpc) is 2.55. The summed E-state index contributed by atoms with van der Waals surface area (Å²) in [4.78, 5) is 12.2. The maximum atomic E-state index is 12.5. The Bertz CT molecular complexity index is 696. The molecule has 1 N–H and O–H groups in total. The molecule has 0 saturated heterocycles. The number of carbonyl (C=O) groups excluding carboxylic acids is 1. The van der Waals surface area contributed by atoms with Crippen molar-refractivity contribution in [3.63, 3.8) is 0 Å². The maximum Gasteiger partial charge on any atom is 0.409 e. The van der Waals surface area contributed by atoms with E-state index in [9.17, 15) is 9.36 Å². The topological polar surface area (TPSA) is 64.6 Å². The van der Waals surface area contributed by atoms with Gasteiger partial charge < -0.3 is 9.26 Å². The largest absolute Gasteiger partial charge is 0.465 e. The van der Waals surface area contributed by atoms with Gasteiger partial charge in [0.2, 0.25) is 0 Å². The molecule has 2 rings (SSSR count). The van der Waals surface area contributed by atoms with Gasteiger partial charge in [-0.1, -0.05) is 48.5 Å². The van der Waals surface area contributed by atoms with Crippen LogP contribution < -0.4 is 9.61 Å². The second kappa shape index (κ2) is 8.88. The van der Waals surface area contributed by atoms with Crippen LogP contribution in [0, 0.1) is 0 Å². The molecule has 0 aromatic heterocycles. The molecule has 7 heteroatoms. The van der Waals surface area contributed by atoms with E-state index in [0.29, 0.717) is 5.75 Å². The Labute approximate surface area is 146 Å². The van der Waals surface area contributed by atoms with Gasteiger partial charge in [0.05, 0.1) is 6.61 Å². The third kappa shape index (κ3) is 6.00. The highest BCUT2D eigenvalue weighted by molar-refractivity contribution is 7.84. The third-order valence-corrected chi connectivity index (χ3v) is 4.70. The second-order valence-corrected chi connectivity index (χ2v) is 7.74.